The highest BCUT2D eigenvalue weighted by atomic mass is 19.4. The molecule has 2 atom stereocenters. The molecular weight excluding hydrogens is 413 g/mol. The van der Waals surface area contributed by atoms with Crippen molar-refractivity contribution < 1.29 is 32.6 Å². The molecule has 2 heterocycles. The molecule has 0 aliphatic carbocycles. The predicted octanol–water partition coefficient (Wildman–Crippen LogP) is 3.74. The second kappa shape index (κ2) is 10.9. The molecule has 31 heavy (non-hydrogen) atoms. The van der Waals surface area contributed by atoms with Crippen molar-refractivity contribution in [2.45, 2.75) is 32.0 Å². The van der Waals surface area contributed by atoms with Crippen molar-refractivity contribution >= 4 is 11.9 Å². The number of carbonyl (C=O) groups is 2. The molecular formula is C22H25F3N2O4. The van der Waals surface area contributed by atoms with E-state index in [1.165, 1.54) is 5.56 Å². The molecule has 1 fully saturated rings. The first kappa shape index (κ1) is 24.3. The zero-order valence-electron chi connectivity index (χ0n) is 17.3. The van der Waals surface area contributed by atoms with Gasteiger partial charge in [0.2, 0.25) is 0 Å². The summed E-state index contributed by atoms with van der Waals surface area (Å²) >= 11 is 0. The molecule has 1 amide bonds. The smallest absolute Gasteiger partial charge is 0.475 e. The molecule has 1 aliphatic heterocycles. The first-order valence-electron chi connectivity index (χ1n) is 9.70. The molecule has 0 bridgehead atoms. The number of nitrogens with zero attached hydrogens (tertiary/aromatic N) is 2. The normalized spacial score (nSPS) is 18.7. The molecule has 0 spiro atoms. The van der Waals surface area contributed by atoms with Crippen LogP contribution in [0.15, 0.2) is 48.7 Å². The van der Waals surface area contributed by atoms with Gasteiger partial charge in [0, 0.05) is 38.0 Å². The van der Waals surface area contributed by atoms with E-state index in [9.17, 15) is 18.0 Å². The summed E-state index contributed by atoms with van der Waals surface area (Å²) in [5, 5.41) is 7.12. The van der Waals surface area contributed by atoms with Crippen LogP contribution in [0.25, 0.3) is 0 Å². The summed E-state index contributed by atoms with van der Waals surface area (Å²) in [5.74, 6) is -2.38. The quantitative estimate of drug-likeness (QED) is 0.787. The number of halogens is 3. The van der Waals surface area contributed by atoms with E-state index in [-0.39, 0.29) is 12.0 Å². The number of methoxy groups -OCH3 is 1. The summed E-state index contributed by atoms with van der Waals surface area (Å²) in [4.78, 5) is 27.8. The summed E-state index contributed by atoms with van der Waals surface area (Å²) in [6.07, 6.45) is -1.41. The minimum Gasteiger partial charge on any atom is -0.475 e. The lowest BCUT2D eigenvalue weighted by Crippen LogP contribution is -2.47. The summed E-state index contributed by atoms with van der Waals surface area (Å²) < 4.78 is 37.4. The van der Waals surface area contributed by atoms with Gasteiger partial charge in [0.15, 0.2) is 0 Å². The van der Waals surface area contributed by atoms with E-state index < -0.39 is 12.1 Å². The van der Waals surface area contributed by atoms with Crippen molar-refractivity contribution in [3.8, 4) is 0 Å². The third-order valence-corrected chi connectivity index (χ3v) is 5.00. The van der Waals surface area contributed by atoms with Gasteiger partial charge in [0.05, 0.1) is 11.7 Å². The maximum absolute atomic E-state index is 12.7. The lowest BCUT2D eigenvalue weighted by molar-refractivity contribution is -0.192. The average molecular weight is 438 g/mol. The Bertz CT molecular complexity index is 857. The number of hydrogen-bond acceptors (Lipinski definition) is 4. The minimum atomic E-state index is -5.08. The van der Waals surface area contributed by atoms with Gasteiger partial charge in [-0.3, -0.25) is 9.78 Å². The van der Waals surface area contributed by atoms with Crippen LogP contribution >= 0.6 is 0 Å². The standard InChI is InChI=1S/C20H24N2O2.C2HF3O2/c1-15-8-9-17(13-21-15)20(23)22-11-10-19(24-2)18(14-22)12-16-6-4-3-5-7-16;3-2(4,5)1(6)7/h3-9,13,18-19H,10-12,14H2,1-2H3;(H,6,7)/t18-,19+;/m0./s1. The fraction of sp³-hybridized carbons (Fsp3) is 0.409. The van der Waals surface area contributed by atoms with Gasteiger partial charge < -0.3 is 14.7 Å². The van der Waals surface area contributed by atoms with Crippen LogP contribution in [-0.2, 0) is 16.0 Å². The molecule has 2 aromatic rings. The maximum Gasteiger partial charge on any atom is 0.490 e. The minimum absolute atomic E-state index is 0.0649. The zero-order chi connectivity index (χ0) is 23.0. The first-order valence-corrected chi connectivity index (χ1v) is 9.70. The van der Waals surface area contributed by atoms with E-state index in [1.807, 2.05) is 30.0 Å². The lowest BCUT2D eigenvalue weighted by atomic mass is 9.88. The average Bonchev–Trinajstić information content (AvgIpc) is 2.74. The van der Waals surface area contributed by atoms with Crippen molar-refractivity contribution in [1.29, 1.82) is 0 Å². The van der Waals surface area contributed by atoms with Crippen molar-refractivity contribution in [2.75, 3.05) is 20.2 Å². The molecule has 0 unspecified atom stereocenters. The van der Waals surface area contributed by atoms with E-state index >= 15 is 0 Å². The summed E-state index contributed by atoms with van der Waals surface area (Å²) in [5.41, 5.74) is 2.87. The number of pyridine rings is 1. The third kappa shape index (κ3) is 7.36. The van der Waals surface area contributed by atoms with Crippen LogP contribution in [0, 0.1) is 12.8 Å². The number of alkyl halides is 3. The molecule has 1 saturated heterocycles. The Morgan fingerprint density at radius 3 is 2.35 bits per heavy atom. The van der Waals surface area contributed by atoms with Gasteiger partial charge in [-0.15, -0.1) is 0 Å². The van der Waals surface area contributed by atoms with Crippen LogP contribution in [0.2, 0.25) is 0 Å². The summed E-state index contributed by atoms with van der Waals surface area (Å²) in [6, 6.07) is 14.2. The number of aromatic nitrogens is 1. The van der Waals surface area contributed by atoms with Crippen molar-refractivity contribution in [3.63, 3.8) is 0 Å². The number of likely N-dealkylation sites (tertiary alicyclic amines) is 1. The fourth-order valence-corrected chi connectivity index (χ4v) is 3.40. The number of ether oxygens (including phenoxy) is 1. The second-order valence-corrected chi connectivity index (χ2v) is 7.25. The topological polar surface area (TPSA) is 79.7 Å². The van der Waals surface area contributed by atoms with Crippen LogP contribution in [0.1, 0.15) is 28.0 Å². The van der Waals surface area contributed by atoms with Crippen molar-refractivity contribution in [3.05, 3.63) is 65.5 Å². The highest BCUT2D eigenvalue weighted by Crippen LogP contribution is 2.25. The van der Waals surface area contributed by atoms with E-state index in [1.54, 1.807) is 13.3 Å². The van der Waals surface area contributed by atoms with Gasteiger partial charge in [0.25, 0.3) is 5.91 Å². The number of hydrogen-bond donors (Lipinski definition) is 1. The van der Waals surface area contributed by atoms with Crippen molar-refractivity contribution in [2.24, 2.45) is 5.92 Å². The lowest BCUT2D eigenvalue weighted by Gasteiger charge is -2.38. The van der Waals surface area contributed by atoms with Crippen LogP contribution in [0.4, 0.5) is 13.2 Å². The van der Waals surface area contributed by atoms with Gasteiger partial charge >= 0.3 is 12.1 Å². The van der Waals surface area contributed by atoms with Gasteiger partial charge in [-0.1, -0.05) is 30.3 Å². The summed E-state index contributed by atoms with van der Waals surface area (Å²) in [6.45, 7) is 3.38. The number of aryl methyl sites for hydroxylation is 1. The van der Waals surface area contributed by atoms with Crippen LogP contribution in [0.3, 0.4) is 0 Å². The van der Waals surface area contributed by atoms with Gasteiger partial charge in [0.1, 0.15) is 0 Å². The first-order chi connectivity index (χ1) is 14.6. The van der Waals surface area contributed by atoms with Gasteiger partial charge in [-0.25, -0.2) is 4.79 Å². The van der Waals surface area contributed by atoms with E-state index in [2.05, 4.69) is 29.2 Å². The van der Waals surface area contributed by atoms with E-state index in [0.717, 1.165) is 31.6 Å². The zero-order valence-corrected chi connectivity index (χ0v) is 17.3. The number of carboxylic acid groups (broad SMARTS) is 1. The molecule has 1 N–H and O–H groups in total. The van der Waals surface area contributed by atoms with Gasteiger partial charge in [-0.2, -0.15) is 13.2 Å². The second-order valence-electron chi connectivity index (χ2n) is 7.25. The molecule has 3 rings (SSSR count). The monoisotopic (exact) mass is 438 g/mol. The Kier molecular flexibility index (Phi) is 8.56. The van der Waals surface area contributed by atoms with E-state index in [4.69, 9.17) is 14.6 Å². The third-order valence-electron chi connectivity index (χ3n) is 5.00. The van der Waals surface area contributed by atoms with Crippen molar-refractivity contribution in [1.82, 2.24) is 9.88 Å². The number of piperidine rings is 1. The molecule has 6 nitrogen and oxygen atoms in total. The highest BCUT2D eigenvalue weighted by Gasteiger charge is 2.38. The largest absolute Gasteiger partial charge is 0.490 e. The Balaban J connectivity index is 0.000000423. The molecule has 1 aliphatic rings. The molecule has 0 saturated carbocycles. The Hall–Kier alpha value is -2.94. The Morgan fingerprint density at radius 1 is 1.19 bits per heavy atom. The molecule has 1 aromatic carbocycles. The highest BCUT2D eigenvalue weighted by molar-refractivity contribution is 5.94. The number of carboxylic acids is 1. The Morgan fingerprint density at radius 2 is 1.84 bits per heavy atom. The SMILES string of the molecule is CO[C@@H]1CCN(C(=O)c2ccc(C)nc2)C[C@@H]1Cc1ccccc1.O=C(O)C(F)(F)F. The predicted molar refractivity (Wildman–Crippen MR) is 108 cm³/mol. The number of amides is 1. The molecule has 168 valence electrons. The maximum atomic E-state index is 12.7. The van der Waals surface area contributed by atoms with E-state index in [0.29, 0.717) is 11.5 Å². The van der Waals surface area contributed by atoms with Gasteiger partial charge in [-0.05, 0) is 37.5 Å². The number of rotatable bonds is 4. The molecule has 9 heteroatoms. The summed E-state index contributed by atoms with van der Waals surface area (Å²) in [7, 11) is 1.77. The fourth-order valence-electron chi connectivity index (χ4n) is 3.40. The van der Waals surface area contributed by atoms with Crippen LogP contribution in [-0.4, -0.2) is 59.3 Å². The van der Waals surface area contributed by atoms with Crippen LogP contribution in [0.5, 0.6) is 0 Å². The van der Waals surface area contributed by atoms with Crippen LogP contribution < -0.4 is 0 Å². The molecule has 0 radical (unpaired) electrons. The molecule has 1 aromatic heterocycles. The number of carbonyl (C=O) groups excluding carboxylic acids is 1. The Labute approximate surface area is 178 Å². The number of benzene rings is 1. The number of aliphatic carboxylic acids is 1.